The van der Waals surface area contributed by atoms with Gasteiger partial charge in [0.15, 0.2) is 7.16 Å². The summed E-state index contributed by atoms with van der Waals surface area (Å²) in [5, 5.41) is 33.3. The molecule has 5 N–H and O–H groups in total. The van der Waals surface area contributed by atoms with E-state index in [9.17, 15) is 34.1 Å². The summed E-state index contributed by atoms with van der Waals surface area (Å²) in [6.07, 6.45) is -0.985. The minimum Gasteiger partial charge on any atom is -0.481 e. The average Bonchev–Trinajstić information content (AvgIpc) is 2.74. The number of amides is 3. The van der Waals surface area contributed by atoms with Crippen LogP contribution >= 0.6 is 0 Å². The van der Waals surface area contributed by atoms with E-state index in [1.54, 1.807) is 0 Å². The summed E-state index contributed by atoms with van der Waals surface area (Å²) >= 11 is 0. The maximum absolute atomic E-state index is 12.9. The van der Waals surface area contributed by atoms with Crippen LogP contribution in [0, 0.1) is 10.1 Å². The molecule has 172 valence electrons. The molecule has 1 aliphatic heterocycles. The molecule has 14 nitrogen and oxygen atoms in total. The van der Waals surface area contributed by atoms with Crippen LogP contribution in [-0.2, 0) is 24.0 Å². The second kappa shape index (κ2) is 9.28. The first kappa shape index (κ1) is 22.5. The molecule has 0 spiro atoms. The summed E-state index contributed by atoms with van der Waals surface area (Å²) < 4.78 is 13.4. The second-order valence-electron chi connectivity index (χ2n) is 6.97. The zero-order valence-corrected chi connectivity index (χ0v) is 16.9. The smallest absolute Gasteiger partial charge is 0.326 e. The summed E-state index contributed by atoms with van der Waals surface area (Å²) in [5.41, 5.74) is -2.69. The van der Waals surface area contributed by atoms with E-state index in [0.29, 0.717) is 0 Å². The molecule has 1 heterocycles. The lowest BCUT2D eigenvalue weighted by atomic mass is 10.0. The normalized spacial score (nSPS) is 19.2. The van der Waals surface area contributed by atoms with Crippen molar-refractivity contribution in [3.8, 4) is 5.75 Å². The highest BCUT2D eigenvalue weighted by Gasteiger charge is 2.48. The molecule has 0 saturated heterocycles. The molecule has 3 atom stereocenters. The zero-order valence-electron chi connectivity index (χ0n) is 17.9. The molecule has 2 rings (SSSR count). The number of anilines is 1. The number of rotatable bonds is 9. The fourth-order valence-electron chi connectivity index (χ4n) is 2.64. The van der Waals surface area contributed by atoms with Crippen molar-refractivity contribution in [2.75, 3.05) is 5.32 Å². The number of hydrogen-bond acceptors (Lipinski definition) is 8. The van der Waals surface area contributed by atoms with E-state index in [-0.39, 0.29) is 22.4 Å². The fourth-order valence-corrected chi connectivity index (χ4v) is 2.64. The van der Waals surface area contributed by atoms with Gasteiger partial charge in [-0.15, -0.1) is 0 Å². The molecule has 32 heavy (non-hydrogen) atoms. The van der Waals surface area contributed by atoms with Gasteiger partial charge in [-0.05, 0) is 26.3 Å². The molecule has 0 aromatic heterocycles. The minimum atomic E-state index is -2.37. The first-order valence-corrected chi connectivity index (χ1v) is 9.14. The van der Waals surface area contributed by atoms with Crippen LogP contribution in [0.1, 0.15) is 26.7 Å². The Morgan fingerprint density at radius 3 is 2.56 bits per heavy atom. The summed E-state index contributed by atoms with van der Waals surface area (Å²) in [6, 6.07) is 0.0950. The van der Waals surface area contributed by atoms with Gasteiger partial charge in [0.05, 0.1) is 16.7 Å². The van der Waals surface area contributed by atoms with Crippen LogP contribution in [0.5, 0.6) is 5.75 Å². The maximum atomic E-state index is 12.9. The predicted octanol–water partition coefficient (Wildman–Crippen LogP) is -0.377. The monoisotopic (exact) mass is 453 g/mol. The number of carboxylic acid groups (broad SMARTS) is 2. The average molecular weight is 453 g/mol. The number of carbonyl (C=O) groups is 5. The summed E-state index contributed by atoms with van der Waals surface area (Å²) in [4.78, 5) is 69.9. The minimum absolute atomic E-state index is 0.0564. The Kier molecular flexibility index (Phi) is 6.51. The second-order valence-corrected chi connectivity index (χ2v) is 6.97. The van der Waals surface area contributed by atoms with Gasteiger partial charge in [0.1, 0.15) is 12.1 Å². The largest absolute Gasteiger partial charge is 0.481 e. The third kappa shape index (κ3) is 5.27. The van der Waals surface area contributed by atoms with Gasteiger partial charge in [0, 0.05) is 12.5 Å². The van der Waals surface area contributed by atoms with Gasteiger partial charge >= 0.3 is 11.9 Å². The fraction of sp³-hybridized carbons (Fsp3) is 0.389. The Labute approximate surface area is 181 Å². The van der Waals surface area contributed by atoms with Gasteiger partial charge in [-0.2, -0.15) is 0 Å². The van der Waals surface area contributed by atoms with Crippen molar-refractivity contribution in [3.63, 3.8) is 0 Å². The Hall–Kier alpha value is -4.23. The maximum Gasteiger partial charge on any atom is 0.326 e. The lowest BCUT2D eigenvalue weighted by Gasteiger charge is -2.33. The lowest BCUT2D eigenvalue weighted by molar-refractivity contribution is -0.385. The number of carbonyl (C=O) groups excluding carboxylic acids is 3. The van der Waals surface area contributed by atoms with Crippen LogP contribution in [0.25, 0.3) is 0 Å². The van der Waals surface area contributed by atoms with Crippen LogP contribution in [0.3, 0.4) is 0 Å². The van der Waals surface area contributed by atoms with E-state index in [4.69, 9.17) is 16.4 Å². The molecular formula is C18H20N4O10. The Morgan fingerprint density at radius 1 is 1.34 bits per heavy atom. The number of benzene rings is 1. The molecular weight excluding hydrogens is 432 g/mol. The molecule has 3 amide bonds. The highest BCUT2D eigenvalue weighted by molar-refractivity contribution is 6.16. The zero-order chi connectivity index (χ0) is 25.1. The number of nitrogens with one attached hydrogen (secondary N) is 3. The van der Waals surface area contributed by atoms with Crippen LogP contribution in [0.2, 0.25) is 1.41 Å². The third-order valence-electron chi connectivity index (χ3n) is 4.53. The summed E-state index contributed by atoms with van der Waals surface area (Å²) in [6.45, 7) is 2.09. The number of fused-ring (bicyclic) bond motifs is 1. The Bertz CT molecular complexity index is 1030. The highest BCUT2D eigenvalue weighted by atomic mass is 16.6. The first-order chi connectivity index (χ1) is 15.3. The Balaban J connectivity index is 2.19. The van der Waals surface area contributed by atoms with Crippen molar-refractivity contribution in [1.29, 1.82) is 0 Å². The molecule has 1 unspecified atom stereocenters. The molecule has 0 saturated carbocycles. The number of non-ortho nitro benzene ring substituents is 1. The van der Waals surface area contributed by atoms with E-state index < -0.39 is 65.1 Å². The van der Waals surface area contributed by atoms with E-state index in [2.05, 4.69) is 5.32 Å². The van der Waals surface area contributed by atoms with Crippen molar-refractivity contribution in [3.05, 3.63) is 28.3 Å². The molecule has 0 fully saturated rings. The number of hydrogen-bond donors (Lipinski definition) is 5. The van der Waals surface area contributed by atoms with Gasteiger partial charge in [-0.3, -0.25) is 29.3 Å². The number of ether oxygens (including phenoxy) is 1. The molecule has 0 aliphatic carbocycles. The molecule has 0 bridgehead atoms. The lowest BCUT2D eigenvalue weighted by Crippen LogP contribution is -2.61. The van der Waals surface area contributed by atoms with Crippen molar-refractivity contribution in [2.24, 2.45) is 0 Å². The molecule has 1 aromatic carbocycles. The number of nitro benzene ring substituents is 1. The van der Waals surface area contributed by atoms with Gasteiger partial charge in [0.25, 0.3) is 23.1 Å². The number of nitrogens with zero attached hydrogens (tertiary/aromatic N) is 1. The topological polar surface area (TPSA) is 214 Å². The third-order valence-corrected chi connectivity index (χ3v) is 4.53. The van der Waals surface area contributed by atoms with Crippen LogP contribution in [0.15, 0.2) is 18.2 Å². The van der Waals surface area contributed by atoms with Crippen LogP contribution < -0.4 is 20.7 Å². The van der Waals surface area contributed by atoms with Gasteiger partial charge in [-0.25, -0.2) is 4.79 Å². The van der Waals surface area contributed by atoms with Crippen molar-refractivity contribution >= 4 is 41.0 Å². The summed E-state index contributed by atoms with van der Waals surface area (Å²) in [5.74, 6) is -6.40. The van der Waals surface area contributed by atoms with E-state index in [1.807, 2.05) is 5.32 Å². The van der Waals surface area contributed by atoms with Crippen LogP contribution in [-0.4, -0.2) is 62.5 Å². The van der Waals surface area contributed by atoms with Gasteiger partial charge in [-0.1, -0.05) is 0 Å². The Morgan fingerprint density at radius 2 is 2.00 bits per heavy atom. The van der Waals surface area contributed by atoms with Crippen molar-refractivity contribution in [1.82, 2.24) is 10.6 Å². The molecule has 1 aromatic rings. The quantitative estimate of drug-likeness (QED) is 0.186. The number of carboxylic acids is 2. The van der Waals surface area contributed by atoms with Gasteiger partial charge < -0.3 is 30.9 Å². The van der Waals surface area contributed by atoms with E-state index in [1.165, 1.54) is 6.07 Å². The van der Waals surface area contributed by atoms with E-state index in [0.717, 1.165) is 26.0 Å². The van der Waals surface area contributed by atoms with Crippen molar-refractivity contribution in [2.45, 2.75) is 44.4 Å². The highest BCUT2D eigenvalue weighted by Crippen LogP contribution is 2.36. The molecule has 14 heteroatoms. The van der Waals surface area contributed by atoms with Crippen LogP contribution in [0.4, 0.5) is 11.4 Å². The predicted molar refractivity (Wildman–Crippen MR) is 105 cm³/mol. The molecule has 0 radical (unpaired) electrons. The SMILES string of the molecule is [2H]N(C(=O)C1(C)Oc2cc([N+](=O)[O-])ccc2NC1=O)[C@@H](C)C(=O)N[C@@H](CCC(=O)O)C(=O)O. The van der Waals surface area contributed by atoms with E-state index >= 15 is 0 Å². The molecule has 1 aliphatic rings. The summed E-state index contributed by atoms with van der Waals surface area (Å²) in [7, 11) is 0. The van der Waals surface area contributed by atoms with Gasteiger partial charge in [0.2, 0.25) is 5.91 Å². The number of nitro groups is 1. The van der Waals surface area contributed by atoms with Crippen molar-refractivity contribution < 1.29 is 45.3 Å². The number of aliphatic carboxylic acids is 2. The first-order valence-electron chi connectivity index (χ1n) is 9.59. The standard InChI is InChI=1S/C18H20N4O10/c1-8(14(25)20-11(15(26)27)5-6-13(23)24)19-16(28)18(2)17(29)21-10-4-3-9(22(30)31)7-12(10)32-18/h3-4,7-8,11H,5-6H2,1-2H3,(H,19,28)(H,20,25)(H,21,29)(H,23,24)(H,26,27)/t8-,11-,18?/m0/s1/i/hD.